The SMILES string of the molecule is CCCCCCCOC(=O)CC(CCCCN)OC=O. The van der Waals surface area contributed by atoms with Gasteiger partial charge >= 0.3 is 5.97 Å². The average Bonchev–Trinajstić information content (AvgIpc) is 2.43. The van der Waals surface area contributed by atoms with Gasteiger partial charge in [0.1, 0.15) is 6.10 Å². The van der Waals surface area contributed by atoms with E-state index in [9.17, 15) is 9.59 Å². The predicted molar refractivity (Wildman–Crippen MR) is 78.2 cm³/mol. The van der Waals surface area contributed by atoms with Gasteiger partial charge in [-0.1, -0.05) is 32.6 Å². The second-order valence-electron chi connectivity index (χ2n) is 4.98. The molecule has 5 nitrogen and oxygen atoms in total. The van der Waals surface area contributed by atoms with Gasteiger partial charge in [-0.15, -0.1) is 0 Å². The number of ether oxygens (including phenoxy) is 2. The molecule has 1 unspecified atom stereocenters. The van der Waals surface area contributed by atoms with Crippen LogP contribution in [0.3, 0.4) is 0 Å². The minimum atomic E-state index is -0.383. The Morgan fingerprint density at radius 1 is 1.15 bits per heavy atom. The van der Waals surface area contributed by atoms with E-state index >= 15 is 0 Å². The van der Waals surface area contributed by atoms with Crippen molar-refractivity contribution in [1.82, 2.24) is 0 Å². The monoisotopic (exact) mass is 287 g/mol. The van der Waals surface area contributed by atoms with Crippen LogP contribution < -0.4 is 5.73 Å². The van der Waals surface area contributed by atoms with Gasteiger partial charge < -0.3 is 15.2 Å². The van der Waals surface area contributed by atoms with E-state index in [1.807, 2.05) is 0 Å². The van der Waals surface area contributed by atoms with Crippen LogP contribution in [0.5, 0.6) is 0 Å². The van der Waals surface area contributed by atoms with E-state index < -0.39 is 0 Å². The molecule has 0 aliphatic heterocycles. The first-order valence-corrected chi connectivity index (χ1v) is 7.69. The van der Waals surface area contributed by atoms with Gasteiger partial charge in [-0.05, 0) is 32.2 Å². The van der Waals surface area contributed by atoms with Crippen LogP contribution in [0.4, 0.5) is 0 Å². The van der Waals surface area contributed by atoms with Crippen molar-refractivity contribution in [3.8, 4) is 0 Å². The van der Waals surface area contributed by atoms with Crippen LogP contribution in [0, 0.1) is 0 Å². The van der Waals surface area contributed by atoms with Gasteiger partial charge in [-0.3, -0.25) is 9.59 Å². The maximum absolute atomic E-state index is 11.6. The zero-order chi connectivity index (χ0) is 15.1. The van der Waals surface area contributed by atoms with Gasteiger partial charge in [0, 0.05) is 0 Å². The molecule has 2 N–H and O–H groups in total. The number of hydrogen-bond acceptors (Lipinski definition) is 5. The van der Waals surface area contributed by atoms with Crippen LogP contribution in [0.1, 0.15) is 64.7 Å². The molecule has 5 heteroatoms. The fraction of sp³-hybridized carbons (Fsp3) is 0.867. The Labute approximate surface area is 122 Å². The summed E-state index contributed by atoms with van der Waals surface area (Å²) in [5.41, 5.74) is 5.40. The molecule has 0 aromatic rings. The van der Waals surface area contributed by atoms with Crippen molar-refractivity contribution in [2.75, 3.05) is 13.2 Å². The Bertz CT molecular complexity index is 246. The standard InChI is InChI=1S/C15H29NO4/c1-2-3-4-5-8-11-19-15(18)12-14(20-13-17)9-6-7-10-16/h13-14H,2-12,16H2,1H3. The highest BCUT2D eigenvalue weighted by Gasteiger charge is 2.15. The third-order valence-corrected chi connectivity index (χ3v) is 3.13. The maximum Gasteiger partial charge on any atom is 0.309 e. The zero-order valence-corrected chi connectivity index (χ0v) is 12.6. The summed E-state index contributed by atoms with van der Waals surface area (Å²) >= 11 is 0. The van der Waals surface area contributed by atoms with E-state index in [4.69, 9.17) is 15.2 Å². The Balaban J connectivity index is 3.68. The molecule has 0 saturated heterocycles. The van der Waals surface area contributed by atoms with Crippen molar-refractivity contribution in [1.29, 1.82) is 0 Å². The van der Waals surface area contributed by atoms with Crippen LogP contribution >= 0.6 is 0 Å². The molecule has 0 spiro atoms. The molecule has 0 saturated carbocycles. The number of nitrogens with two attached hydrogens (primary N) is 1. The van der Waals surface area contributed by atoms with Gasteiger partial charge in [0.05, 0.1) is 13.0 Å². The summed E-state index contributed by atoms with van der Waals surface area (Å²) in [5.74, 6) is -0.292. The molecule has 0 radical (unpaired) electrons. The van der Waals surface area contributed by atoms with E-state index in [0.717, 1.165) is 25.7 Å². The molecule has 0 fully saturated rings. The Kier molecular flexibility index (Phi) is 13.5. The number of esters is 1. The first kappa shape index (κ1) is 18.9. The smallest absolute Gasteiger partial charge is 0.309 e. The lowest BCUT2D eigenvalue weighted by molar-refractivity contribution is -0.149. The largest absolute Gasteiger partial charge is 0.466 e. The zero-order valence-electron chi connectivity index (χ0n) is 12.6. The van der Waals surface area contributed by atoms with Crippen molar-refractivity contribution >= 4 is 12.4 Å². The van der Waals surface area contributed by atoms with Crippen LogP contribution in [-0.2, 0) is 19.1 Å². The van der Waals surface area contributed by atoms with Crippen LogP contribution in [0.25, 0.3) is 0 Å². The molecule has 0 aromatic heterocycles. The lowest BCUT2D eigenvalue weighted by Gasteiger charge is -2.14. The quantitative estimate of drug-likeness (QED) is 0.302. The van der Waals surface area contributed by atoms with Crippen molar-refractivity contribution < 1.29 is 19.1 Å². The molecule has 118 valence electrons. The molecule has 0 aliphatic carbocycles. The number of hydrogen-bond donors (Lipinski definition) is 1. The Morgan fingerprint density at radius 3 is 2.55 bits per heavy atom. The van der Waals surface area contributed by atoms with E-state index in [1.54, 1.807) is 0 Å². The number of unbranched alkanes of at least 4 members (excludes halogenated alkanes) is 5. The van der Waals surface area contributed by atoms with E-state index in [1.165, 1.54) is 19.3 Å². The summed E-state index contributed by atoms with van der Waals surface area (Å²) in [7, 11) is 0. The van der Waals surface area contributed by atoms with Crippen molar-refractivity contribution in [2.45, 2.75) is 70.8 Å². The molecule has 0 rings (SSSR count). The van der Waals surface area contributed by atoms with Crippen LogP contribution in [0.2, 0.25) is 0 Å². The molecule has 1 atom stereocenters. The van der Waals surface area contributed by atoms with E-state index in [0.29, 0.717) is 26.0 Å². The number of carbonyl (C=O) groups excluding carboxylic acids is 2. The van der Waals surface area contributed by atoms with Gasteiger partial charge in [-0.25, -0.2) is 0 Å². The van der Waals surface area contributed by atoms with Gasteiger partial charge in [0.25, 0.3) is 6.47 Å². The number of rotatable bonds is 14. The fourth-order valence-corrected chi connectivity index (χ4v) is 1.95. The molecular weight excluding hydrogens is 258 g/mol. The maximum atomic E-state index is 11.6. The topological polar surface area (TPSA) is 78.6 Å². The first-order valence-electron chi connectivity index (χ1n) is 7.69. The highest BCUT2D eigenvalue weighted by atomic mass is 16.5. The van der Waals surface area contributed by atoms with Crippen molar-refractivity contribution in [3.05, 3.63) is 0 Å². The lowest BCUT2D eigenvalue weighted by Crippen LogP contribution is -2.19. The van der Waals surface area contributed by atoms with Crippen molar-refractivity contribution in [3.63, 3.8) is 0 Å². The third kappa shape index (κ3) is 12.0. The van der Waals surface area contributed by atoms with E-state index in [-0.39, 0.29) is 18.5 Å². The predicted octanol–water partition coefficient (Wildman–Crippen LogP) is 2.56. The second-order valence-corrected chi connectivity index (χ2v) is 4.98. The fourth-order valence-electron chi connectivity index (χ4n) is 1.95. The molecular formula is C15H29NO4. The highest BCUT2D eigenvalue weighted by Crippen LogP contribution is 2.09. The van der Waals surface area contributed by atoms with Gasteiger partial charge in [0.15, 0.2) is 0 Å². The summed E-state index contributed by atoms with van der Waals surface area (Å²) in [4.78, 5) is 22.0. The summed E-state index contributed by atoms with van der Waals surface area (Å²) < 4.78 is 10.0. The summed E-state index contributed by atoms with van der Waals surface area (Å²) in [5, 5.41) is 0. The normalized spacial score (nSPS) is 11.9. The molecule has 20 heavy (non-hydrogen) atoms. The van der Waals surface area contributed by atoms with Crippen LogP contribution in [0.15, 0.2) is 0 Å². The molecule has 0 aliphatic rings. The number of carbonyl (C=O) groups is 2. The average molecular weight is 287 g/mol. The minimum absolute atomic E-state index is 0.137. The second kappa shape index (κ2) is 14.3. The van der Waals surface area contributed by atoms with Crippen LogP contribution in [-0.4, -0.2) is 31.7 Å². The molecule has 0 aromatic carbocycles. The summed E-state index contributed by atoms with van der Waals surface area (Å²) in [6.45, 7) is 3.62. The van der Waals surface area contributed by atoms with E-state index in [2.05, 4.69) is 6.92 Å². The minimum Gasteiger partial charge on any atom is -0.466 e. The van der Waals surface area contributed by atoms with Gasteiger partial charge in [0.2, 0.25) is 0 Å². The Hall–Kier alpha value is -1.10. The van der Waals surface area contributed by atoms with Crippen molar-refractivity contribution in [2.24, 2.45) is 5.73 Å². The Morgan fingerprint density at radius 2 is 1.90 bits per heavy atom. The molecule has 0 bridgehead atoms. The lowest BCUT2D eigenvalue weighted by atomic mass is 10.1. The first-order chi connectivity index (χ1) is 9.74. The van der Waals surface area contributed by atoms with Gasteiger partial charge in [-0.2, -0.15) is 0 Å². The third-order valence-electron chi connectivity index (χ3n) is 3.13. The summed E-state index contributed by atoms with van der Waals surface area (Å²) in [6.07, 6.45) is 7.72. The highest BCUT2D eigenvalue weighted by molar-refractivity contribution is 5.70. The molecule has 0 amide bonds. The molecule has 0 heterocycles. The summed E-state index contributed by atoms with van der Waals surface area (Å²) in [6, 6.07) is 0.